The van der Waals surface area contributed by atoms with Gasteiger partial charge in [-0.1, -0.05) is 11.1 Å². The van der Waals surface area contributed by atoms with E-state index in [1.165, 1.54) is 19.3 Å². The first-order valence-corrected chi connectivity index (χ1v) is 5.59. The third-order valence-corrected chi connectivity index (χ3v) is 3.26. The molecule has 0 bridgehead atoms. The second-order valence-electron chi connectivity index (χ2n) is 4.26. The molecule has 1 fully saturated rings. The topological polar surface area (TPSA) is 37.4 Å². The van der Waals surface area contributed by atoms with Crippen LogP contribution in [0, 0.1) is 0 Å². The third-order valence-electron chi connectivity index (χ3n) is 3.26. The van der Waals surface area contributed by atoms with Crippen molar-refractivity contribution in [3.05, 3.63) is 18.3 Å². The first-order chi connectivity index (χ1) is 7.36. The molecule has 3 rings (SSSR count). The number of rotatable bonds is 1. The summed E-state index contributed by atoms with van der Waals surface area (Å²) in [5, 5.41) is 4.36. The summed E-state index contributed by atoms with van der Waals surface area (Å²) in [5.41, 5.74) is 0. The van der Waals surface area contributed by atoms with Crippen LogP contribution in [-0.2, 0) is 0 Å². The van der Waals surface area contributed by atoms with Crippen LogP contribution in [0.3, 0.4) is 0 Å². The molecule has 1 amide bonds. The van der Waals surface area contributed by atoms with E-state index in [2.05, 4.69) is 5.11 Å². The summed E-state index contributed by atoms with van der Waals surface area (Å²) in [5.74, 6) is 0.769. The number of nitrogens with zero attached hydrogens (tertiary/aromatic N) is 3. The molecule has 1 aromatic rings. The summed E-state index contributed by atoms with van der Waals surface area (Å²) in [4.78, 5) is 12.0. The van der Waals surface area contributed by atoms with Gasteiger partial charge in [0.05, 0.1) is 0 Å². The molecule has 1 aromatic heterocycles. The van der Waals surface area contributed by atoms with Crippen molar-refractivity contribution in [2.45, 2.75) is 38.1 Å². The first kappa shape index (κ1) is 8.83. The molecule has 0 radical (unpaired) electrons. The Morgan fingerprint density at radius 3 is 2.87 bits per heavy atom. The zero-order valence-electron chi connectivity index (χ0n) is 8.59. The van der Waals surface area contributed by atoms with E-state index in [9.17, 15) is 4.79 Å². The minimum absolute atomic E-state index is 0.0156. The van der Waals surface area contributed by atoms with Gasteiger partial charge in [0.1, 0.15) is 12.2 Å². The predicted molar refractivity (Wildman–Crippen MR) is 54.4 cm³/mol. The molecular weight excluding hydrogens is 190 g/mol. The van der Waals surface area contributed by atoms with Crippen molar-refractivity contribution in [2.75, 3.05) is 0 Å². The van der Waals surface area contributed by atoms with Crippen LogP contribution in [0.4, 0.5) is 10.6 Å². The highest BCUT2D eigenvalue weighted by Crippen LogP contribution is 2.27. The van der Waals surface area contributed by atoms with Crippen molar-refractivity contribution >= 4 is 11.8 Å². The molecule has 0 N–H and O–H groups in total. The molecule has 0 unspecified atom stereocenters. The molecule has 15 heavy (non-hydrogen) atoms. The normalized spacial score (nSPS) is 21.6. The quantitative estimate of drug-likeness (QED) is 0.648. The molecule has 1 saturated carbocycles. The molecule has 0 saturated heterocycles. The third kappa shape index (κ3) is 1.32. The van der Waals surface area contributed by atoms with E-state index >= 15 is 0 Å². The average Bonchev–Trinajstić information content (AvgIpc) is 2.83. The van der Waals surface area contributed by atoms with E-state index in [0.717, 1.165) is 18.7 Å². The summed E-state index contributed by atoms with van der Waals surface area (Å²) in [6.07, 6.45) is 7.71. The van der Waals surface area contributed by atoms with Crippen LogP contribution in [0.5, 0.6) is 0 Å². The van der Waals surface area contributed by atoms with Crippen molar-refractivity contribution in [3.63, 3.8) is 0 Å². The van der Waals surface area contributed by atoms with E-state index in [0.29, 0.717) is 6.04 Å². The van der Waals surface area contributed by atoms with Gasteiger partial charge in [-0.15, -0.1) is 4.57 Å². The van der Waals surface area contributed by atoms with Crippen LogP contribution >= 0.6 is 0 Å². The number of carbonyl (C=O) groups is 1. The minimum Gasteiger partial charge on any atom is -0.194 e. The van der Waals surface area contributed by atoms with Gasteiger partial charge in [-0.25, -0.2) is 0 Å². The molecule has 2 heterocycles. The van der Waals surface area contributed by atoms with Crippen molar-refractivity contribution in [1.82, 2.24) is 4.57 Å². The highest BCUT2D eigenvalue weighted by atomic mass is 16.2. The number of fused-ring (bicyclic) bond motifs is 1. The molecule has 0 spiro atoms. The van der Waals surface area contributed by atoms with Gasteiger partial charge in [-0.2, -0.15) is 4.79 Å². The molecule has 2 aliphatic rings. The molecule has 4 nitrogen and oxygen atoms in total. The fourth-order valence-electron chi connectivity index (χ4n) is 2.44. The lowest BCUT2D eigenvalue weighted by Crippen LogP contribution is -2.31. The second kappa shape index (κ2) is 3.29. The summed E-state index contributed by atoms with van der Waals surface area (Å²) >= 11 is 0. The fraction of sp³-hybridized carbons (Fsp3) is 0.545. The number of hydrogen-bond donors (Lipinski definition) is 0. The Balaban J connectivity index is 1.89. The molecule has 0 atom stereocenters. The molecular formula is C11H14N3O+. The Morgan fingerprint density at radius 2 is 2.13 bits per heavy atom. The Labute approximate surface area is 88.2 Å². The van der Waals surface area contributed by atoms with Crippen LogP contribution in [-0.4, -0.2) is 21.3 Å². The van der Waals surface area contributed by atoms with Gasteiger partial charge in [-0.05, 0) is 36.9 Å². The highest BCUT2D eigenvalue weighted by molar-refractivity contribution is 5.74. The van der Waals surface area contributed by atoms with Crippen molar-refractivity contribution in [2.24, 2.45) is 5.11 Å². The summed E-state index contributed by atoms with van der Waals surface area (Å²) in [7, 11) is 0. The Kier molecular flexibility index (Phi) is 1.94. The van der Waals surface area contributed by atoms with Crippen LogP contribution in [0.25, 0.3) is 0 Å². The molecule has 1 aliphatic carbocycles. The average molecular weight is 204 g/mol. The lowest BCUT2D eigenvalue weighted by molar-refractivity contribution is -0.532. The van der Waals surface area contributed by atoms with Gasteiger partial charge in [0, 0.05) is 6.07 Å². The van der Waals surface area contributed by atoms with Gasteiger partial charge >= 0.3 is 6.03 Å². The number of hydrogen-bond acceptors (Lipinski definition) is 2. The van der Waals surface area contributed by atoms with Crippen molar-refractivity contribution in [3.8, 4) is 0 Å². The van der Waals surface area contributed by atoms with E-state index in [1.54, 1.807) is 15.5 Å². The van der Waals surface area contributed by atoms with Crippen LogP contribution in [0.15, 0.2) is 23.4 Å². The zero-order chi connectivity index (χ0) is 10.3. The standard InChI is InChI=1S/C11H14N3O/c15-11-13-8-4-7-10(13)12-14(11)9-5-2-1-3-6-9/h4,7-9H,1-3,5-6H2/q+1. The highest BCUT2D eigenvalue weighted by Gasteiger charge is 2.37. The minimum atomic E-state index is 0.0156. The largest absolute Gasteiger partial charge is 0.525 e. The SMILES string of the molecule is O=C1n2cccc2N=[N+]1C1CCCCC1. The van der Waals surface area contributed by atoms with E-state index in [1.807, 2.05) is 12.1 Å². The van der Waals surface area contributed by atoms with Crippen LogP contribution in [0.2, 0.25) is 0 Å². The number of aromatic nitrogens is 1. The van der Waals surface area contributed by atoms with E-state index in [-0.39, 0.29) is 6.03 Å². The first-order valence-electron chi connectivity index (χ1n) is 5.59. The molecule has 1 aliphatic heterocycles. The van der Waals surface area contributed by atoms with Gasteiger partial charge < -0.3 is 0 Å². The summed E-state index contributed by atoms with van der Waals surface area (Å²) in [6, 6.07) is 4.07. The van der Waals surface area contributed by atoms with Gasteiger partial charge in [0.25, 0.3) is 5.82 Å². The van der Waals surface area contributed by atoms with Gasteiger partial charge in [0.2, 0.25) is 0 Å². The van der Waals surface area contributed by atoms with Gasteiger partial charge in [0.15, 0.2) is 0 Å². The van der Waals surface area contributed by atoms with Gasteiger partial charge in [-0.3, -0.25) is 0 Å². The predicted octanol–water partition coefficient (Wildman–Crippen LogP) is 2.90. The Hall–Kier alpha value is -1.45. The maximum absolute atomic E-state index is 12.0. The van der Waals surface area contributed by atoms with E-state index < -0.39 is 0 Å². The Morgan fingerprint density at radius 1 is 1.33 bits per heavy atom. The maximum Gasteiger partial charge on any atom is 0.525 e. The van der Waals surface area contributed by atoms with Crippen molar-refractivity contribution in [1.29, 1.82) is 0 Å². The zero-order valence-corrected chi connectivity index (χ0v) is 8.59. The van der Waals surface area contributed by atoms with Crippen molar-refractivity contribution < 1.29 is 9.49 Å². The van der Waals surface area contributed by atoms with Crippen LogP contribution < -0.4 is 0 Å². The molecule has 78 valence electrons. The smallest absolute Gasteiger partial charge is 0.194 e. The maximum atomic E-state index is 12.0. The number of carbonyl (C=O) groups excluding carboxylic acids is 1. The molecule has 0 aromatic carbocycles. The summed E-state index contributed by atoms with van der Waals surface area (Å²) in [6.45, 7) is 0. The fourth-order valence-corrected chi connectivity index (χ4v) is 2.44. The lowest BCUT2D eigenvalue weighted by atomic mass is 9.95. The Bertz CT molecular complexity index is 427. The lowest BCUT2D eigenvalue weighted by Gasteiger charge is -2.17. The number of amides is 1. The monoisotopic (exact) mass is 204 g/mol. The van der Waals surface area contributed by atoms with Crippen LogP contribution in [0.1, 0.15) is 32.1 Å². The van der Waals surface area contributed by atoms with E-state index in [4.69, 9.17) is 0 Å². The summed E-state index contributed by atoms with van der Waals surface area (Å²) < 4.78 is 3.29. The number of azo groups is 2. The molecule has 4 heteroatoms. The second-order valence-corrected chi connectivity index (χ2v) is 4.26.